The van der Waals surface area contributed by atoms with Crippen molar-refractivity contribution in [2.24, 2.45) is 4.99 Å². The molecule has 26 heavy (non-hydrogen) atoms. The van der Waals surface area contributed by atoms with Crippen LogP contribution in [-0.4, -0.2) is 36.9 Å². The Morgan fingerprint density at radius 1 is 1.00 bits per heavy atom. The van der Waals surface area contributed by atoms with Gasteiger partial charge in [0.25, 0.3) is 0 Å². The molecule has 1 N–H and O–H groups in total. The van der Waals surface area contributed by atoms with Gasteiger partial charge in [0.2, 0.25) is 0 Å². The van der Waals surface area contributed by atoms with Crippen molar-refractivity contribution in [2.45, 2.75) is 12.6 Å². The average molecular weight is 361 g/mol. The van der Waals surface area contributed by atoms with Crippen molar-refractivity contribution in [2.75, 3.05) is 26.2 Å². The van der Waals surface area contributed by atoms with Crippen LogP contribution in [0.1, 0.15) is 17.5 Å². The molecule has 0 amide bonds. The summed E-state index contributed by atoms with van der Waals surface area (Å²) in [5, 5.41) is 3.33. The predicted octanol–water partition coefficient (Wildman–Crippen LogP) is 4.18. The molecule has 2 aliphatic heterocycles. The van der Waals surface area contributed by atoms with Crippen LogP contribution in [0.15, 0.2) is 47.5 Å². The number of hydrogen-bond donors (Lipinski definition) is 1. The quantitative estimate of drug-likeness (QED) is 0.765. The van der Waals surface area contributed by atoms with Gasteiger partial charge in [0.05, 0.1) is 11.1 Å². The Hall–Kier alpha value is -2.54. The molecule has 2 aromatic carbocycles. The van der Waals surface area contributed by atoms with Gasteiger partial charge in [0.15, 0.2) is 5.75 Å². The Labute approximate surface area is 149 Å². The molecule has 2 heterocycles. The van der Waals surface area contributed by atoms with Crippen molar-refractivity contribution in [1.29, 1.82) is 0 Å². The average Bonchev–Trinajstić information content (AvgIpc) is 2.97. The van der Waals surface area contributed by atoms with Crippen molar-refractivity contribution < 1.29 is 17.9 Å². The molecule has 0 aromatic heterocycles. The van der Waals surface area contributed by atoms with Gasteiger partial charge in [-0.15, -0.1) is 0 Å². The highest BCUT2D eigenvalue weighted by Crippen LogP contribution is 2.41. The number of nitrogens with one attached hydrogen (secondary N) is 1. The van der Waals surface area contributed by atoms with Gasteiger partial charge in [0.1, 0.15) is 17.3 Å². The Balaban J connectivity index is 1.85. The lowest BCUT2D eigenvalue weighted by Crippen LogP contribution is -2.34. The number of hydrogen-bond acceptors (Lipinski definition) is 4. The summed E-state index contributed by atoms with van der Waals surface area (Å²) in [6.45, 7) is 3.24. The number of ether oxygens (including phenoxy) is 1. The van der Waals surface area contributed by atoms with Crippen LogP contribution in [0, 0.1) is 0 Å². The summed E-state index contributed by atoms with van der Waals surface area (Å²) in [6.07, 6.45) is -3.48. The predicted molar refractivity (Wildman–Crippen MR) is 93.2 cm³/mol. The van der Waals surface area contributed by atoms with E-state index in [0.29, 0.717) is 17.3 Å². The first-order valence-corrected chi connectivity index (χ1v) is 8.55. The molecule has 7 heteroatoms. The molecule has 0 atom stereocenters. The van der Waals surface area contributed by atoms with Gasteiger partial charge < -0.3 is 15.0 Å². The van der Waals surface area contributed by atoms with E-state index in [1.165, 1.54) is 6.07 Å². The van der Waals surface area contributed by atoms with Crippen molar-refractivity contribution in [3.63, 3.8) is 0 Å². The zero-order valence-corrected chi connectivity index (χ0v) is 14.0. The normalized spacial score (nSPS) is 17.3. The number of para-hydroxylation sites is 1. The Morgan fingerprint density at radius 2 is 1.85 bits per heavy atom. The minimum atomic E-state index is -4.42. The Bertz CT molecular complexity index is 840. The van der Waals surface area contributed by atoms with Gasteiger partial charge in [-0.25, -0.2) is 4.99 Å². The third kappa shape index (κ3) is 3.26. The summed E-state index contributed by atoms with van der Waals surface area (Å²) >= 11 is 0. The lowest BCUT2D eigenvalue weighted by Gasteiger charge is -2.24. The molecule has 4 rings (SSSR count). The van der Waals surface area contributed by atoms with Crippen LogP contribution < -0.4 is 10.1 Å². The van der Waals surface area contributed by atoms with Crippen molar-refractivity contribution in [3.8, 4) is 11.5 Å². The van der Waals surface area contributed by atoms with E-state index < -0.39 is 11.7 Å². The number of nitrogens with zero attached hydrogens (tertiary/aromatic N) is 2. The summed E-state index contributed by atoms with van der Waals surface area (Å²) in [7, 11) is 0. The van der Waals surface area contributed by atoms with E-state index in [9.17, 15) is 13.2 Å². The highest BCUT2D eigenvalue weighted by molar-refractivity contribution is 6.03. The smallest absolute Gasteiger partial charge is 0.416 e. The largest absolute Gasteiger partial charge is 0.454 e. The maximum atomic E-state index is 13.1. The molecular formula is C19H18F3N3O. The number of fused-ring (bicyclic) bond motifs is 2. The Kier molecular flexibility index (Phi) is 4.32. The van der Waals surface area contributed by atoms with Crippen LogP contribution in [0.4, 0.5) is 18.9 Å². The number of alkyl halides is 3. The fourth-order valence-electron chi connectivity index (χ4n) is 3.20. The summed E-state index contributed by atoms with van der Waals surface area (Å²) in [6, 6.07) is 10.8. The molecule has 1 fully saturated rings. The summed E-state index contributed by atoms with van der Waals surface area (Å²) in [4.78, 5) is 6.72. The first kappa shape index (κ1) is 16.9. The van der Waals surface area contributed by atoms with Crippen molar-refractivity contribution >= 4 is 11.5 Å². The molecule has 136 valence electrons. The summed E-state index contributed by atoms with van der Waals surface area (Å²) < 4.78 is 45.3. The van der Waals surface area contributed by atoms with Crippen LogP contribution in [0.5, 0.6) is 11.5 Å². The van der Waals surface area contributed by atoms with Gasteiger partial charge >= 0.3 is 6.18 Å². The standard InChI is InChI=1S/C19H18F3N3O/c20-19(21,22)13-6-7-17-15(12-13)24-18(25-10-3-8-23-9-11-25)14-4-1-2-5-16(14)26-17/h1-2,4-7,12,23H,3,8-11H2. The molecule has 0 radical (unpaired) electrons. The third-order valence-electron chi connectivity index (χ3n) is 4.50. The summed E-state index contributed by atoms with van der Waals surface area (Å²) in [5.41, 5.74) is 0.258. The number of amidine groups is 1. The fraction of sp³-hybridized carbons (Fsp3) is 0.316. The maximum absolute atomic E-state index is 13.1. The van der Waals surface area contributed by atoms with Gasteiger partial charge in [-0.2, -0.15) is 13.2 Å². The lowest BCUT2D eigenvalue weighted by atomic mass is 10.1. The van der Waals surface area contributed by atoms with Crippen LogP contribution in [-0.2, 0) is 6.18 Å². The fourth-order valence-corrected chi connectivity index (χ4v) is 3.20. The van der Waals surface area contributed by atoms with Gasteiger partial charge in [-0.1, -0.05) is 12.1 Å². The molecular weight excluding hydrogens is 343 g/mol. The molecule has 2 aliphatic rings. The molecule has 0 saturated carbocycles. The number of aliphatic imine (C=N–C) groups is 1. The van der Waals surface area contributed by atoms with Crippen LogP contribution in [0.2, 0.25) is 0 Å². The summed E-state index contributed by atoms with van der Waals surface area (Å²) in [5.74, 6) is 1.58. The van der Waals surface area contributed by atoms with Gasteiger partial charge in [-0.05, 0) is 43.3 Å². The van der Waals surface area contributed by atoms with E-state index in [2.05, 4.69) is 15.2 Å². The van der Waals surface area contributed by atoms with E-state index in [4.69, 9.17) is 4.74 Å². The highest BCUT2D eigenvalue weighted by Gasteiger charge is 2.32. The molecule has 4 nitrogen and oxygen atoms in total. The minimum Gasteiger partial charge on any atom is -0.454 e. The number of benzene rings is 2. The van der Waals surface area contributed by atoms with Crippen molar-refractivity contribution in [3.05, 3.63) is 53.6 Å². The zero-order valence-electron chi connectivity index (χ0n) is 14.0. The molecule has 1 saturated heterocycles. The van der Waals surface area contributed by atoms with Crippen LogP contribution in [0.25, 0.3) is 0 Å². The molecule has 0 bridgehead atoms. The lowest BCUT2D eigenvalue weighted by molar-refractivity contribution is -0.137. The van der Waals surface area contributed by atoms with E-state index in [1.807, 2.05) is 24.3 Å². The monoisotopic (exact) mass is 361 g/mol. The molecule has 2 aromatic rings. The highest BCUT2D eigenvalue weighted by atomic mass is 19.4. The SMILES string of the molecule is FC(F)(F)c1ccc2c(c1)N=C(N1CCCNCC1)c1ccccc1O2. The first-order chi connectivity index (χ1) is 12.5. The van der Waals surface area contributed by atoms with Crippen LogP contribution in [0.3, 0.4) is 0 Å². The maximum Gasteiger partial charge on any atom is 0.416 e. The number of rotatable bonds is 0. The number of halogens is 3. The van der Waals surface area contributed by atoms with Crippen LogP contribution >= 0.6 is 0 Å². The zero-order chi connectivity index (χ0) is 18.1. The second-order valence-electron chi connectivity index (χ2n) is 6.30. The molecule has 0 spiro atoms. The minimum absolute atomic E-state index is 0.197. The van der Waals surface area contributed by atoms with Gasteiger partial charge in [0, 0.05) is 19.6 Å². The van der Waals surface area contributed by atoms with Gasteiger partial charge in [-0.3, -0.25) is 0 Å². The van der Waals surface area contributed by atoms with E-state index >= 15 is 0 Å². The van der Waals surface area contributed by atoms with Crippen molar-refractivity contribution in [1.82, 2.24) is 10.2 Å². The van der Waals surface area contributed by atoms with E-state index in [-0.39, 0.29) is 5.69 Å². The topological polar surface area (TPSA) is 36.9 Å². The molecule has 0 aliphatic carbocycles. The third-order valence-corrected chi connectivity index (χ3v) is 4.50. The van der Waals surface area contributed by atoms with E-state index in [1.54, 1.807) is 0 Å². The second-order valence-corrected chi connectivity index (χ2v) is 6.30. The van der Waals surface area contributed by atoms with E-state index in [0.717, 1.165) is 50.3 Å². The second kappa shape index (κ2) is 6.64. The molecule has 0 unspecified atom stereocenters. The Morgan fingerprint density at radius 3 is 2.69 bits per heavy atom. The first-order valence-electron chi connectivity index (χ1n) is 8.55.